The van der Waals surface area contributed by atoms with Gasteiger partial charge in [0.05, 0.1) is 58.6 Å². The Balaban J connectivity index is 0.000000256. The van der Waals surface area contributed by atoms with Crippen molar-refractivity contribution >= 4 is 67.5 Å². The lowest BCUT2D eigenvalue weighted by molar-refractivity contribution is -0.0504. The first-order valence-electron chi connectivity index (χ1n) is 17.4. The molecule has 0 fully saturated rings. The first-order valence-corrected chi connectivity index (χ1v) is 17.0. The van der Waals surface area contributed by atoms with E-state index >= 15 is 0 Å². The van der Waals surface area contributed by atoms with E-state index in [0.29, 0.717) is 22.1 Å². The average molecular weight is 799 g/mol. The van der Waals surface area contributed by atoms with Gasteiger partial charge < -0.3 is 37.5 Å². The summed E-state index contributed by atoms with van der Waals surface area (Å²) < 4.78 is 147. The van der Waals surface area contributed by atoms with Crippen LogP contribution < -0.4 is 28.4 Å². The Morgan fingerprint density at radius 2 is 1.09 bits per heavy atom. The molecule has 280 valence electrons. The number of fused-ring (bicyclic) bond motifs is 2. The van der Waals surface area contributed by atoms with Gasteiger partial charge in [-0.15, -0.1) is 0 Å². The van der Waals surface area contributed by atoms with Crippen molar-refractivity contribution in [2.45, 2.75) is 35.0 Å². The van der Waals surface area contributed by atoms with E-state index < -0.39 is 49.7 Å². The van der Waals surface area contributed by atoms with Crippen LogP contribution >= 0.6 is 0 Å². The number of halogens is 4. The van der Waals surface area contributed by atoms with Gasteiger partial charge in [-0.05, 0) is 24.3 Å². The Morgan fingerprint density at radius 1 is 0.679 bits per heavy atom. The molecule has 0 aliphatic carbocycles. The fraction of sp³-hybridized carbons (Fsp3) is 0.250. The van der Waals surface area contributed by atoms with Crippen LogP contribution in [0.1, 0.15) is 19.6 Å². The molecule has 2 N–H and O–H groups in total. The van der Waals surface area contributed by atoms with Gasteiger partial charge in [0, 0.05) is 59.0 Å². The van der Waals surface area contributed by atoms with Crippen molar-refractivity contribution in [3.8, 4) is 34.5 Å². The largest absolute Gasteiger partial charge is 0.609 e. The number of H-pyrrole nitrogens is 2. The fourth-order valence-electron chi connectivity index (χ4n) is 4.62. The smallest absolute Gasteiger partial charge is 0.387 e. The van der Waals surface area contributed by atoms with Crippen LogP contribution in [0.4, 0.5) is 17.6 Å². The van der Waals surface area contributed by atoms with Gasteiger partial charge in [-0.1, -0.05) is 0 Å². The van der Waals surface area contributed by atoms with Crippen molar-refractivity contribution in [1.29, 1.82) is 0 Å². The summed E-state index contributed by atoms with van der Waals surface area (Å²) in [5, 5.41) is 0.167. The number of pyridine rings is 2. The summed E-state index contributed by atoms with van der Waals surface area (Å²) in [6.45, 7) is -5.94. The predicted molar refractivity (Wildman–Crippen MR) is 189 cm³/mol. The van der Waals surface area contributed by atoms with E-state index in [0.717, 1.165) is 0 Å². The van der Waals surface area contributed by atoms with Crippen molar-refractivity contribution in [3.05, 3.63) is 72.3 Å². The second kappa shape index (κ2) is 19.1. The molecule has 0 aliphatic heterocycles. The summed E-state index contributed by atoms with van der Waals surface area (Å²) in [5.41, 5.74) is 1.96. The minimum atomic E-state index is -2.97. The van der Waals surface area contributed by atoms with Gasteiger partial charge in [0.15, 0.2) is 34.5 Å². The number of imidazole rings is 2. The first kappa shape index (κ1) is 33.2. The molecule has 0 saturated carbocycles. The Kier molecular flexibility index (Phi) is 11.9. The maximum Gasteiger partial charge on any atom is 0.387 e. The van der Waals surface area contributed by atoms with Gasteiger partial charge >= 0.3 is 46.6 Å². The lowest BCUT2D eigenvalue weighted by Crippen LogP contribution is -2.10. The number of hydrogen-bond acceptors (Lipinski definition) is 12. The van der Waals surface area contributed by atoms with Gasteiger partial charge in [0.2, 0.25) is 0 Å². The molecule has 0 saturated heterocycles. The van der Waals surface area contributed by atoms with Crippen molar-refractivity contribution in [2.24, 2.45) is 0 Å². The Hall–Kier alpha value is -4.41. The maximum atomic E-state index is 12.7. The molecule has 14 nitrogen and oxygen atoms in total. The number of alkyl halides is 4. The van der Waals surface area contributed by atoms with Gasteiger partial charge in [-0.3, -0.25) is 19.9 Å². The second-order valence-corrected chi connectivity index (χ2v) is 12.7. The monoisotopic (exact) mass is 798 g/mol. The Bertz CT molecular complexity index is 2170. The molecule has 4 heterocycles. The van der Waals surface area contributed by atoms with Gasteiger partial charge in [-0.25, -0.2) is 0 Å². The van der Waals surface area contributed by atoms with E-state index in [-0.39, 0.29) is 90.8 Å². The highest BCUT2D eigenvalue weighted by Gasteiger charge is 2.24. The molecular weight excluding hydrogens is 761 g/mol. The van der Waals surface area contributed by atoms with E-state index in [2.05, 4.69) is 39.4 Å². The van der Waals surface area contributed by atoms with Crippen LogP contribution in [0.15, 0.2) is 71.2 Å². The van der Waals surface area contributed by atoms with Crippen LogP contribution in [-0.2, 0) is 33.9 Å². The van der Waals surface area contributed by atoms with Crippen molar-refractivity contribution in [3.63, 3.8) is 0 Å². The van der Waals surface area contributed by atoms with E-state index in [1.54, 1.807) is 0 Å². The standard InChI is InChI=1S/2C16H15F2N3O4S.Mg.2H/c2*1-23-13-5-6-19-12(14(13)24-2)8-26(22)16-20-10-4-3-9(25-15(17)18)7-11(10)21-16;;;/h2*3-7,15H,8H2,1-2H3,(H,20,21);;;/t2*26-;;;/m11.../s1/i2*1D3;;;. The third-order valence-electron chi connectivity index (χ3n) is 6.80. The molecule has 21 heteroatoms. The topological polar surface area (TPSA) is 185 Å². The molecule has 6 aromatic rings. The number of nitrogens with one attached hydrogen (secondary N) is 2. The Labute approximate surface area is 329 Å². The summed E-state index contributed by atoms with van der Waals surface area (Å²) in [6.07, 6.45) is 2.62. The average Bonchev–Trinajstić information content (AvgIpc) is 3.75. The quantitative estimate of drug-likeness (QED) is 0.0869. The summed E-state index contributed by atoms with van der Waals surface area (Å²) in [6, 6.07) is 10.9. The highest BCUT2D eigenvalue weighted by molar-refractivity contribution is 7.90. The molecule has 0 unspecified atom stereocenters. The number of hydrogen-bond donors (Lipinski definition) is 2. The third kappa shape index (κ3) is 10.4. The zero-order chi connectivity index (χ0) is 42.4. The van der Waals surface area contributed by atoms with Crippen LogP contribution in [-0.4, -0.2) is 104 Å². The van der Waals surface area contributed by atoms with Crippen LogP contribution in [0.5, 0.6) is 34.5 Å². The van der Waals surface area contributed by atoms with E-state index in [4.69, 9.17) is 27.2 Å². The van der Waals surface area contributed by atoms with Crippen molar-refractivity contribution in [1.82, 2.24) is 29.9 Å². The maximum absolute atomic E-state index is 12.7. The van der Waals surface area contributed by atoms with E-state index in [1.165, 1.54) is 75.1 Å². The lowest BCUT2D eigenvalue weighted by atomic mass is 10.3. The second-order valence-electron chi connectivity index (χ2n) is 9.96. The van der Waals surface area contributed by atoms with Gasteiger partial charge in [-0.2, -0.15) is 27.5 Å². The molecule has 6 rings (SSSR count). The van der Waals surface area contributed by atoms with Crippen molar-refractivity contribution < 1.29 is 63.3 Å². The normalized spacial score (nSPS) is 14.3. The molecule has 53 heavy (non-hydrogen) atoms. The fourth-order valence-corrected chi connectivity index (χ4v) is 6.65. The first-order chi connectivity index (χ1) is 27.3. The summed E-state index contributed by atoms with van der Waals surface area (Å²) >= 11 is -3.44. The van der Waals surface area contributed by atoms with Crippen LogP contribution in [0.25, 0.3) is 22.1 Å². The molecule has 2 aromatic carbocycles. The van der Waals surface area contributed by atoms with E-state index in [9.17, 15) is 26.7 Å². The highest BCUT2D eigenvalue weighted by Crippen LogP contribution is 2.33. The number of aromatic amines is 2. The molecular formula is C32H32F4MgN6O8S2. The molecule has 4 aromatic heterocycles. The number of rotatable bonds is 14. The molecule has 0 amide bonds. The highest BCUT2D eigenvalue weighted by atomic mass is 32.2. The third-order valence-corrected chi connectivity index (χ3v) is 9.12. The molecule has 0 aliphatic rings. The SMILES string of the molecule is [2H]C([2H])([2H])Oc1ccnc(C[S@@+]([O-])c2nc3cc(OC(F)F)ccc3[nH]2)c1OC.[2H]C([2H])([2H])Oc1ccnc(C[S@@+]([O-])c2nc3cc(OC(F)F)ccc3[nH]2)c1OC.[MgH2]. The summed E-state index contributed by atoms with van der Waals surface area (Å²) in [4.78, 5) is 22.1. The van der Waals surface area contributed by atoms with Crippen molar-refractivity contribution in [2.75, 3.05) is 28.3 Å². The van der Waals surface area contributed by atoms with Gasteiger partial charge in [0.25, 0.3) is 0 Å². The molecule has 0 bridgehead atoms. The van der Waals surface area contributed by atoms with Crippen LogP contribution in [0.3, 0.4) is 0 Å². The number of methoxy groups -OCH3 is 4. The van der Waals surface area contributed by atoms with Crippen LogP contribution in [0, 0.1) is 0 Å². The number of nitrogens with zero attached hydrogens (tertiary/aromatic N) is 4. The lowest BCUT2D eigenvalue weighted by Gasteiger charge is -2.12. The number of benzene rings is 2. The summed E-state index contributed by atoms with van der Waals surface area (Å²) in [5.74, 6) is -0.492. The zero-order valence-corrected chi connectivity index (χ0v) is 28.4. The molecule has 0 spiro atoms. The zero-order valence-electron chi connectivity index (χ0n) is 32.7. The minimum Gasteiger partial charge on any atom is -0.609 e. The van der Waals surface area contributed by atoms with E-state index in [1.807, 2.05) is 0 Å². The Morgan fingerprint density at radius 3 is 1.45 bits per heavy atom. The van der Waals surface area contributed by atoms with Gasteiger partial charge in [0.1, 0.15) is 22.9 Å². The summed E-state index contributed by atoms with van der Waals surface area (Å²) in [7, 11) is -2.77. The minimum absolute atomic E-state index is 0. The van der Waals surface area contributed by atoms with Crippen LogP contribution in [0.2, 0.25) is 0 Å². The predicted octanol–water partition coefficient (Wildman–Crippen LogP) is 4.85. The number of ether oxygens (including phenoxy) is 6. The molecule has 0 radical (unpaired) electrons. The molecule has 2 atom stereocenters. The number of aromatic nitrogens is 6.